The van der Waals surface area contributed by atoms with Gasteiger partial charge in [0.2, 0.25) is 0 Å². The van der Waals surface area contributed by atoms with Crippen LogP contribution in [0.1, 0.15) is 5.56 Å². The van der Waals surface area contributed by atoms with E-state index in [0.717, 1.165) is 9.17 Å². The molecule has 2 nitrogen and oxygen atoms in total. The SMILES string of the molecule is O=C(OCc1ccccc1)[Te]c1ccccc1. The summed E-state index contributed by atoms with van der Waals surface area (Å²) in [6.45, 7) is 0.372. The number of carbonyl (C=O) groups is 1. The van der Waals surface area contributed by atoms with Gasteiger partial charge in [-0.3, -0.25) is 0 Å². The molecule has 0 aliphatic rings. The molecule has 0 N–H and O–H groups in total. The second-order valence-electron chi connectivity index (χ2n) is 3.44. The molecular weight excluding hydrogens is 328 g/mol. The molecule has 0 spiro atoms. The summed E-state index contributed by atoms with van der Waals surface area (Å²) in [4.78, 5) is 11.6. The zero-order valence-electron chi connectivity index (χ0n) is 9.21. The Kier molecular flexibility index (Phi) is 4.61. The summed E-state index contributed by atoms with van der Waals surface area (Å²) in [6.07, 6.45) is 0. The second-order valence-corrected chi connectivity index (χ2v) is 6.32. The molecule has 0 atom stereocenters. The van der Waals surface area contributed by atoms with E-state index in [1.807, 2.05) is 60.7 Å². The van der Waals surface area contributed by atoms with Crippen LogP contribution in [0.4, 0.5) is 4.79 Å². The van der Waals surface area contributed by atoms with Crippen molar-refractivity contribution >= 4 is 28.6 Å². The van der Waals surface area contributed by atoms with Gasteiger partial charge in [0.25, 0.3) is 0 Å². The number of hydrogen-bond donors (Lipinski definition) is 0. The Morgan fingerprint density at radius 2 is 1.53 bits per heavy atom. The van der Waals surface area contributed by atoms with E-state index < -0.39 is 20.9 Å². The summed E-state index contributed by atoms with van der Waals surface area (Å²) in [6, 6.07) is 19.5. The zero-order chi connectivity index (χ0) is 11.9. The molecule has 0 aliphatic carbocycles. The monoisotopic (exact) mass is 342 g/mol. The normalized spacial score (nSPS) is 9.88. The quantitative estimate of drug-likeness (QED) is 0.799. The predicted molar refractivity (Wildman–Crippen MR) is 68.5 cm³/mol. The summed E-state index contributed by atoms with van der Waals surface area (Å²) in [5.41, 5.74) is 1.03. The molecule has 3 heteroatoms. The van der Waals surface area contributed by atoms with Crippen molar-refractivity contribution in [2.24, 2.45) is 0 Å². The van der Waals surface area contributed by atoms with Crippen molar-refractivity contribution in [3.63, 3.8) is 0 Å². The molecule has 0 saturated carbocycles. The van der Waals surface area contributed by atoms with Gasteiger partial charge < -0.3 is 0 Å². The van der Waals surface area contributed by atoms with Crippen LogP contribution in [0.2, 0.25) is 0 Å². The summed E-state index contributed by atoms with van der Waals surface area (Å²) in [5.74, 6) is 0. The van der Waals surface area contributed by atoms with Crippen LogP contribution in [0.5, 0.6) is 0 Å². The van der Waals surface area contributed by atoms with Crippen LogP contribution in [0, 0.1) is 0 Å². The van der Waals surface area contributed by atoms with Gasteiger partial charge in [0.15, 0.2) is 0 Å². The van der Waals surface area contributed by atoms with Gasteiger partial charge in [-0.15, -0.1) is 0 Å². The third-order valence-electron chi connectivity index (χ3n) is 2.14. The van der Waals surface area contributed by atoms with E-state index in [1.54, 1.807) is 0 Å². The van der Waals surface area contributed by atoms with Crippen molar-refractivity contribution in [1.82, 2.24) is 0 Å². The van der Waals surface area contributed by atoms with E-state index in [2.05, 4.69) is 0 Å². The molecule has 2 aromatic carbocycles. The van der Waals surface area contributed by atoms with Crippen molar-refractivity contribution in [2.75, 3.05) is 0 Å². The molecule has 2 rings (SSSR count). The Morgan fingerprint density at radius 1 is 0.941 bits per heavy atom. The van der Waals surface area contributed by atoms with E-state index in [-0.39, 0.29) is 4.02 Å². The van der Waals surface area contributed by atoms with Gasteiger partial charge in [0, 0.05) is 0 Å². The zero-order valence-corrected chi connectivity index (χ0v) is 11.5. The summed E-state index contributed by atoms with van der Waals surface area (Å²) >= 11 is -0.881. The van der Waals surface area contributed by atoms with E-state index in [1.165, 1.54) is 0 Å². The fourth-order valence-electron chi connectivity index (χ4n) is 1.33. The molecular formula is C14H12O2Te. The Balaban J connectivity index is 1.83. The van der Waals surface area contributed by atoms with Crippen LogP contribution in [-0.4, -0.2) is 24.9 Å². The summed E-state index contributed by atoms with van der Waals surface area (Å²) < 4.78 is 6.29. The van der Waals surface area contributed by atoms with Crippen LogP contribution in [0.25, 0.3) is 0 Å². The Morgan fingerprint density at radius 3 is 2.18 bits per heavy atom. The molecule has 0 aliphatic heterocycles. The molecule has 86 valence electrons. The minimum absolute atomic E-state index is 0.0644. The van der Waals surface area contributed by atoms with E-state index in [4.69, 9.17) is 4.74 Å². The first-order valence-corrected chi connectivity index (χ1v) is 7.61. The molecule has 0 aromatic heterocycles. The summed E-state index contributed by atoms with van der Waals surface area (Å²) in [7, 11) is 0. The van der Waals surface area contributed by atoms with Gasteiger partial charge in [-0.05, 0) is 0 Å². The molecule has 0 radical (unpaired) electrons. The third-order valence-corrected chi connectivity index (χ3v) is 4.41. The minimum atomic E-state index is -0.881. The number of hydrogen-bond acceptors (Lipinski definition) is 2. The second kappa shape index (κ2) is 6.44. The first-order valence-electron chi connectivity index (χ1n) is 5.28. The van der Waals surface area contributed by atoms with Gasteiger partial charge in [-0.1, -0.05) is 0 Å². The van der Waals surface area contributed by atoms with Crippen LogP contribution in [-0.2, 0) is 11.3 Å². The molecule has 0 fully saturated rings. The summed E-state index contributed by atoms with van der Waals surface area (Å²) in [5, 5.41) is 0. The van der Waals surface area contributed by atoms with Crippen molar-refractivity contribution in [1.29, 1.82) is 0 Å². The van der Waals surface area contributed by atoms with Gasteiger partial charge >= 0.3 is 111 Å². The average molecular weight is 340 g/mol. The van der Waals surface area contributed by atoms with Gasteiger partial charge in [-0.25, -0.2) is 0 Å². The van der Waals surface area contributed by atoms with Crippen molar-refractivity contribution < 1.29 is 9.53 Å². The van der Waals surface area contributed by atoms with E-state index >= 15 is 0 Å². The van der Waals surface area contributed by atoms with Crippen molar-refractivity contribution in [3.8, 4) is 0 Å². The van der Waals surface area contributed by atoms with E-state index in [9.17, 15) is 4.79 Å². The fraction of sp³-hybridized carbons (Fsp3) is 0.0714. The standard InChI is InChI=1S/C14H12O2Te/c15-14(17-13-9-5-2-6-10-13)16-11-12-7-3-1-4-8-12/h1-10H,11H2. The number of benzene rings is 2. The predicted octanol–water partition coefficient (Wildman–Crippen LogP) is 2.35. The maximum absolute atomic E-state index is 11.6. The van der Waals surface area contributed by atoms with Crippen LogP contribution in [0.15, 0.2) is 60.7 Å². The molecule has 0 unspecified atom stereocenters. The molecule has 2 aromatic rings. The average Bonchev–Trinajstić information content (AvgIpc) is 2.39. The molecule has 0 saturated heterocycles. The number of carbonyl (C=O) groups excluding carboxylic acids is 1. The molecule has 0 amide bonds. The first-order chi connectivity index (χ1) is 8.34. The topological polar surface area (TPSA) is 26.3 Å². The first kappa shape index (κ1) is 12.2. The fourth-order valence-corrected chi connectivity index (χ4v) is 3.05. The molecule has 0 heterocycles. The van der Waals surface area contributed by atoms with E-state index in [0.29, 0.717) is 6.61 Å². The van der Waals surface area contributed by atoms with Crippen molar-refractivity contribution in [2.45, 2.75) is 6.61 Å². The molecule has 17 heavy (non-hydrogen) atoms. The van der Waals surface area contributed by atoms with Crippen LogP contribution in [0.3, 0.4) is 0 Å². The van der Waals surface area contributed by atoms with Gasteiger partial charge in [0.05, 0.1) is 0 Å². The molecule has 0 bridgehead atoms. The van der Waals surface area contributed by atoms with Crippen LogP contribution < -0.4 is 3.61 Å². The Hall–Kier alpha value is -1.30. The Labute approximate surface area is 111 Å². The third kappa shape index (κ3) is 4.22. The maximum atomic E-state index is 11.6. The van der Waals surface area contributed by atoms with Crippen molar-refractivity contribution in [3.05, 3.63) is 66.2 Å². The Bertz CT molecular complexity index is 468. The van der Waals surface area contributed by atoms with Gasteiger partial charge in [0.1, 0.15) is 0 Å². The number of rotatable bonds is 4. The van der Waals surface area contributed by atoms with Gasteiger partial charge in [-0.2, -0.15) is 0 Å². The van der Waals surface area contributed by atoms with Crippen LogP contribution >= 0.6 is 0 Å². The number of ether oxygens (including phenoxy) is 1.